The lowest BCUT2D eigenvalue weighted by molar-refractivity contribution is 0.157. The Bertz CT molecular complexity index is 809. The van der Waals surface area contributed by atoms with E-state index in [1.807, 2.05) is 0 Å². The lowest BCUT2D eigenvalue weighted by Gasteiger charge is -2.27. The summed E-state index contributed by atoms with van der Waals surface area (Å²) in [5.74, 6) is -0.0290. The number of nitrogens with zero attached hydrogens (tertiary/aromatic N) is 2. The van der Waals surface area contributed by atoms with Crippen LogP contribution in [-0.2, 0) is 19.7 Å². The Morgan fingerprint density at radius 1 is 0.706 bits per heavy atom. The van der Waals surface area contributed by atoms with Crippen molar-refractivity contribution in [1.29, 1.82) is 0 Å². The zero-order valence-electron chi connectivity index (χ0n) is 19.5. The van der Waals surface area contributed by atoms with Crippen LogP contribution in [0.25, 0.3) is 0 Å². The first-order chi connectivity index (χ1) is 16.1. The van der Waals surface area contributed by atoms with E-state index in [0.717, 1.165) is 12.8 Å². The van der Waals surface area contributed by atoms with Gasteiger partial charge in [0.1, 0.15) is 0 Å². The van der Waals surface area contributed by atoms with E-state index >= 15 is 0 Å². The number of nitrogens with one attached hydrogen (secondary N) is 2. The lowest BCUT2D eigenvalue weighted by atomic mass is 10.2. The average Bonchev–Trinajstić information content (AvgIpc) is 3.32. The molecule has 0 aromatic rings. The van der Waals surface area contributed by atoms with Crippen LogP contribution in [0.3, 0.4) is 0 Å². The van der Waals surface area contributed by atoms with E-state index in [-0.39, 0.29) is 61.4 Å². The molecule has 2 fully saturated rings. The molecule has 2 unspecified atom stereocenters. The number of aliphatic hydroxyl groups is 2. The number of aliphatic hydroxyl groups excluding tert-OH is 2. The third-order valence-electron chi connectivity index (χ3n) is 6.16. The summed E-state index contributed by atoms with van der Waals surface area (Å²) in [5, 5.41) is 24.0. The third-order valence-corrected chi connectivity index (χ3v) is 9.66. The molecule has 0 bridgehead atoms. The van der Waals surface area contributed by atoms with Crippen LogP contribution in [0.2, 0.25) is 0 Å². The Morgan fingerprint density at radius 2 is 1.09 bits per heavy atom. The highest BCUT2D eigenvalue weighted by Gasteiger charge is 2.35. The Balaban J connectivity index is 1.61. The second-order valence-corrected chi connectivity index (χ2v) is 13.3. The van der Waals surface area contributed by atoms with Crippen LogP contribution in [0.4, 0.5) is 9.59 Å². The van der Waals surface area contributed by atoms with Crippen LogP contribution >= 0.6 is 0 Å². The van der Waals surface area contributed by atoms with E-state index < -0.39 is 31.8 Å². The molecule has 2 saturated heterocycles. The quantitative estimate of drug-likeness (QED) is 0.220. The molecular weight excluding hydrogens is 488 g/mol. The fourth-order valence-electron chi connectivity index (χ4n) is 4.36. The number of rotatable bonds is 13. The summed E-state index contributed by atoms with van der Waals surface area (Å²) in [6, 6.07) is -1.56. The maximum Gasteiger partial charge on any atom is 0.317 e. The van der Waals surface area contributed by atoms with Crippen molar-refractivity contribution in [2.75, 3.05) is 62.4 Å². The zero-order valence-corrected chi connectivity index (χ0v) is 21.2. The molecular formula is C20H38N4O8S2. The van der Waals surface area contributed by atoms with E-state index in [1.54, 1.807) is 0 Å². The zero-order chi connectivity index (χ0) is 25.2. The van der Waals surface area contributed by atoms with Crippen molar-refractivity contribution in [2.24, 2.45) is 0 Å². The lowest BCUT2D eigenvalue weighted by Crippen LogP contribution is -2.48. The van der Waals surface area contributed by atoms with Crippen molar-refractivity contribution in [3.63, 3.8) is 0 Å². The van der Waals surface area contributed by atoms with Crippen LogP contribution in [-0.4, -0.2) is 123 Å². The molecule has 34 heavy (non-hydrogen) atoms. The van der Waals surface area contributed by atoms with Gasteiger partial charge in [-0.1, -0.05) is 12.8 Å². The molecule has 14 heteroatoms. The molecule has 2 aliphatic heterocycles. The number of urea groups is 2. The predicted molar refractivity (Wildman–Crippen MR) is 127 cm³/mol. The van der Waals surface area contributed by atoms with Crippen LogP contribution in [0.15, 0.2) is 0 Å². The Labute approximate surface area is 201 Å². The van der Waals surface area contributed by atoms with Crippen LogP contribution in [0.1, 0.15) is 38.5 Å². The van der Waals surface area contributed by atoms with Gasteiger partial charge in [-0.3, -0.25) is 0 Å². The van der Waals surface area contributed by atoms with Gasteiger partial charge in [-0.25, -0.2) is 26.4 Å². The monoisotopic (exact) mass is 526 g/mol. The molecule has 4 amide bonds. The number of hydrogen-bond donors (Lipinski definition) is 4. The Hall–Kier alpha value is -1.64. The maximum atomic E-state index is 12.4. The first-order valence-electron chi connectivity index (χ1n) is 11.8. The van der Waals surface area contributed by atoms with E-state index in [9.17, 15) is 36.6 Å². The second-order valence-electron chi connectivity index (χ2n) is 8.83. The Morgan fingerprint density at radius 3 is 1.38 bits per heavy atom. The highest BCUT2D eigenvalue weighted by Crippen LogP contribution is 2.18. The molecule has 4 N–H and O–H groups in total. The largest absolute Gasteiger partial charge is 0.395 e. The maximum absolute atomic E-state index is 12.4. The summed E-state index contributed by atoms with van der Waals surface area (Å²) in [7, 11) is -6.26. The van der Waals surface area contributed by atoms with Crippen LogP contribution in [0, 0.1) is 0 Å². The fourth-order valence-corrected chi connectivity index (χ4v) is 7.82. The highest BCUT2D eigenvalue weighted by molar-refractivity contribution is 7.91. The second kappa shape index (κ2) is 13.4. The van der Waals surface area contributed by atoms with Crippen LogP contribution < -0.4 is 10.6 Å². The van der Waals surface area contributed by atoms with Crippen molar-refractivity contribution in [3.8, 4) is 0 Å². The molecule has 0 spiro atoms. The molecule has 2 aliphatic rings. The van der Waals surface area contributed by atoms with Crippen molar-refractivity contribution in [1.82, 2.24) is 20.4 Å². The minimum absolute atomic E-state index is 0.0565. The van der Waals surface area contributed by atoms with Gasteiger partial charge in [0.2, 0.25) is 0 Å². The number of hydrogen-bond acceptors (Lipinski definition) is 8. The van der Waals surface area contributed by atoms with Crippen LogP contribution in [0.5, 0.6) is 0 Å². The molecule has 0 aromatic heterocycles. The van der Waals surface area contributed by atoms with Gasteiger partial charge in [0.05, 0.1) is 36.2 Å². The van der Waals surface area contributed by atoms with E-state index in [0.29, 0.717) is 38.8 Å². The predicted octanol–water partition coefficient (Wildman–Crippen LogP) is -1.07. The number of carbonyl (C=O) groups excluding carboxylic acids is 2. The number of sulfone groups is 2. The van der Waals surface area contributed by atoms with Crippen molar-refractivity contribution < 1.29 is 36.6 Å². The molecule has 0 aliphatic carbocycles. The smallest absolute Gasteiger partial charge is 0.317 e. The minimum atomic E-state index is -3.13. The standard InChI is InChI=1S/C20H38N4O8S2/c25-11-9-23(17-5-13-33(29,30)15-17)19(27)21-7-3-1-2-4-8-22-20(28)24(10-12-26)18-6-14-34(31,32)16-18/h17-18,25-26H,1-16H2,(H,21,27)(H,22,28). The SMILES string of the molecule is O=C(NCCCCCCNC(=O)N(CCO)C1CCS(=O)(=O)C1)N(CCO)C1CCS(=O)(=O)C1. The van der Waals surface area contributed by atoms with Crippen molar-refractivity contribution >= 4 is 31.7 Å². The van der Waals surface area contributed by atoms with E-state index in [1.165, 1.54) is 9.80 Å². The van der Waals surface area contributed by atoms with Crippen molar-refractivity contribution in [2.45, 2.75) is 50.6 Å². The average molecular weight is 527 g/mol. The van der Waals surface area contributed by atoms with Gasteiger partial charge in [0.25, 0.3) is 0 Å². The number of amides is 4. The summed E-state index contributed by atoms with van der Waals surface area (Å²) in [5.41, 5.74) is 0. The summed E-state index contributed by atoms with van der Waals surface area (Å²) < 4.78 is 46.7. The number of unbranched alkanes of at least 4 members (excludes halogenated alkanes) is 3. The van der Waals surface area contributed by atoms with Crippen molar-refractivity contribution in [3.05, 3.63) is 0 Å². The first-order valence-corrected chi connectivity index (χ1v) is 15.4. The summed E-state index contributed by atoms with van der Waals surface area (Å²) >= 11 is 0. The molecule has 198 valence electrons. The minimum Gasteiger partial charge on any atom is -0.395 e. The fraction of sp³-hybridized carbons (Fsp3) is 0.900. The molecule has 2 heterocycles. The summed E-state index contributed by atoms with van der Waals surface area (Å²) in [6.07, 6.45) is 3.82. The van der Waals surface area contributed by atoms with Gasteiger partial charge < -0.3 is 30.6 Å². The van der Waals surface area contributed by atoms with E-state index in [2.05, 4.69) is 10.6 Å². The normalized spacial score (nSPS) is 22.9. The molecule has 0 radical (unpaired) electrons. The van der Waals surface area contributed by atoms with Gasteiger partial charge >= 0.3 is 12.1 Å². The topological polar surface area (TPSA) is 173 Å². The van der Waals surface area contributed by atoms with Gasteiger partial charge in [0, 0.05) is 38.3 Å². The van der Waals surface area contributed by atoms with Gasteiger partial charge in [-0.15, -0.1) is 0 Å². The summed E-state index contributed by atoms with van der Waals surface area (Å²) in [4.78, 5) is 27.6. The molecule has 2 atom stereocenters. The molecule has 2 rings (SSSR count). The number of carbonyl (C=O) groups is 2. The molecule has 0 aromatic carbocycles. The molecule has 0 saturated carbocycles. The van der Waals surface area contributed by atoms with Gasteiger partial charge in [-0.05, 0) is 25.7 Å². The third kappa shape index (κ3) is 9.19. The van der Waals surface area contributed by atoms with Gasteiger partial charge in [0.15, 0.2) is 19.7 Å². The first kappa shape index (κ1) is 28.6. The van der Waals surface area contributed by atoms with Gasteiger partial charge in [-0.2, -0.15) is 0 Å². The Kier molecular flexibility index (Phi) is 11.3. The highest BCUT2D eigenvalue weighted by atomic mass is 32.2. The van der Waals surface area contributed by atoms with E-state index in [4.69, 9.17) is 0 Å². The summed E-state index contributed by atoms with van der Waals surface area (Å²) in [6.45, 7) is 0.557. The molecule has 12 nitrogen and oxygen atoms in total.